The fourth-order valence-electron chi connectivity index (χ4n) is 3.03. The van der Waals surface area contributed by atoms with Crippen molar-refractivity contribution in [3.8, 4) is 0 Å². The van der Waals surface area contributed by atoms with Crippen molar-refractivity contribution < 1.29 is 0 Å². The first-order valence-electron chi connectivity index (χ1n) is 7.75. The molecule has 2 unspecified atom stereocenters. The molecule has 1 aromatic heterocycles. The van der Waals surface area contributed by atoms with Gasteiger partial charge in [0.15, 0.2) is 0 Å². The minimum Gasteiger partial charge on any atom is -0.338 e. The van der Waals surface area contributed by atoms with Crippen LogP contribution in [0.25, 0.3) is 0 Å². The van der Waals surface area contributed by atoms with Crippen LogP contribution in [0.5, 0.6) is 0 Å². The molecule has 0 spiro atoms. The summed E-state index contributed by atoms with van der Waals surface area (Å²) in [5, 5.41) is 7.53. The molecule has 2 atom stereocenters. The summed E-state index contributed by atoms with van der Waals surface area (Å²) >= 11 is 0. The van der Waals surface area contributed by atoms with Crippen LogP contribution in [0.4, 0.5) is 5.95 Å². The van der Waals surface area contributed by atoms with Crippen LogP contribution < -0.4 is 10.6 Å². The van der Waals surface area contributed by atoms with Gasteiger partial charge in [0, 0.05) is 25.0 Å². The predicted octanol–water partition coefficient (Wildman–Crippen LogP) is 2.27. The number of benzene rings is 1. The third kappa shape index (κ3) is 3.08. The summed E-state index contributed by atoms with van der Waals surface area (Å²) in [5.74, 6) is 2.00. The maximum absolute atomic E-state index is 6.04. The Morgan fingerprint density at radius 3 is 2.90 bits per heavy atom. The topological polar surface area (TPSA) is 70.8 Å². The molecule has 112 valence electrons. The van der Waals surface area contributed by atoms with Crippen LogP contribution in [0.15, 0.2) is 30.3 Å². The van der Waals surface area contributed by atoms with Crippen molar-refractivity contribution in [1.82, 2.24) is 15.2 Å². The number of aromatic amines is 1. The molecule has 5 nitrogen and oxygen atoms in total. The number of rotatable bonds is 4. The van der Waals surface area contributed by atoms with Crippen LogP contribution in [0.3, 0.4) is 0 Å². The van der Waals surface area contributed by atoms with Crippen molar-refractivity contribution in [2.45, 2.75) is 38.1 Å². The van der Waals surface area contributed by atoms with E-state index in [9.17, 15) is 0 Å². The molecule has 0 amide bonds. The lowest BCUT2D eigenvalue weighted by atomic mass is 9.96. The van der Waals surface area contributed by atoms with E-state index in [4.69, 9.17) is 10.7 Å². The van der Waals surface area contributed by atoms with E-state index in [1.807, 2.05) is 6.07 Å². The highest BCUT2D eigenvalue weighted by Crippen LogP contribution is 2.26. The molecule has 3 N–H and O–H groups in total. The Hall–Kier alpha value is -1.88. The van der Waals surface area contributed by atoms with Gasteiger partial charge in [0.05, 0.1) is 0 Å². The van der Waals surface area contributed by atoms with E-state index < -0.39 is 0 Å². The van der Waals surface area contributed by atoms with E-state index in [-0.39, 0.29) is 12.0 Å². The van der Waals surface area contributed by atoms with E-state index in [1.54, 1.807) is 0 Å². The van der Waals surface area contributed by atoms with Crippen molar-refractivity contribution in [2.75, 3.05) is 18.0 Å². The van der Waals surface area contributed by atoms with Gasteiger partial charge in [0.2, 0.25) is 5.95 Å². The molecule has 2 aromatic rings. The number of piperidine rings is 1. The Morgan fingerprint density at radius 1 is 1.38 bits per heavy atom. The molecular weight excluding hydrogens is 262 g/mol. The number of aromatic nitrogens is 3. The smallest absolute Gasteiger partial charge is 0.244 e. The molecule has 1 aliphatic rings. The predicted molar refractivity (Wildman–Crippen MR) is 84.4 cm³/mol. The van der Waals surface area contributed by atoms with E-state index in [0.717, 1.165) is 44.1 Å². The lowest BCUT2D eigenvalue weighted by Gasteiger charge is -2.29. The molecule has 0 bridgehead atoms. The van der Waals surface area contributed by atoms with Crippen molar-refractivity contribution in [3.63, 3.8) is 0 Å². The van der Waals surface area contributed by atoms with Crippen LogP contribution in [0.1, 0.15) is 43.5 Å². The Morgan fingerprint density at radius 2 is 2.19 bits per heavy atom. The summed E-state index contributed by atoms with van der Waals surface area (Å²) in [6.45, 7) is 4.02. The minimum absolute atomic E-state index is 0.233. The number of H-pyrrole nitrogens is 1. The Bertz CT molecular complexity index is 565. The SMILES string of the molecule is CCC(c1ccccc1)c1nc(N2CCCC(N)C2)n[nH]1. The summed E-state index contributed by atoms with van der Waals surface area (Å²) in [6, 6.07) is 10.7. The van der Waals surface area contributed by atoms with Gasteiger partial charge < -0.3 is 10.6 Å². The zero-order valence-electron chi connectivity index (χ0n) is 12.5. The molecule has 0 saturated carbocycles. The van der Waals surface area contributed by atoms with Gasteiger partial charge in [-0.15, -0.1) is 5.10 Å². The van der Waals surface area contributed by atoms with Gasteiger partial charge in [-0.25, -0.2) is 0 Å². The van der Waals surface area contributed by atoms with E-state index in [1.165, 1.54) is 5.56 Å². The molecule has 1 aromatic carbocycles. The Labute approximate surface area is 125 Å². The molecule has 0 aliphatic carbocycles. The summed E-state index contributed by atoms with van der Waals surface area (Å²) in [5.41, 5.74) is 7.31. The van der Waals surface area contributed by atoms with Gasteiger partial charge >= 0.3 is 0 Å². The normalized spacial score (nSPS) is 20.5. The first kappa shape index (κ1) is 14.1. The summed E-state index contributed by atoms with van der Waals surface area (Å²) in [7, 11) is 0. The minimum atomic E-state index is 0.233. The average molecular weight is 285 g/mol. The highest BCUT2D eigenvalue weighted by atomic mass is 15.4. The molecule has 1 aliphatic heterocycles. The van der Waals surface area contributed by atoms with E-state index >= 15 is 0 Å². The van der Waals surface area contributed by atoms with Gasteiger partial charge in [0.1, 0.15) is 5.82 Å². The number of anilines is 1. The van der Waals surface area contributed by atoms with Crippen molar-refractivity contribution >= 4 is 5.95 Å². The Balaban J connectivity index is 1.80. The highest BCUT2D eigenvalue weighted by molar-refractivity contribution is 5.33. The van der Waals surface area contributed by atoms with E-state index in [0.29, 0.717) is 0 Å². The quantitative estimate of drug-likeness (QED) is 0.904. The van der Waals surface area contributed by atoms with Gasteiger partial charge in [-0.3, -0.25) is 5.10 Å². The zero-order chi connectivity index (χ0) is 14.7. The average Bonchev–Trinajstić information content (AvgIpc) is 2.99. The monoisotopic (exact) mass is 285 g/mol. The van der Waals surface area contributed by atoms with Crippen molar-refractivity contribution in [2.24, 2.45) is 5.73 Å². The molecular formula is C16H23N5. The van der Waals surface area contributed by atoms with Crippen molar-refractivity contribution in [1.29, 1.82) is 0 Å². The standard InChI is InChI=1S/C16H23N5/c1-2-14(12-7-4-3-5-8-12)15-18-16(20-19-15)21-10-6-9-13(17)11-21/h3-5,7-8,13-14H,2,6,9-11,17H2,1H3,(H,18,19,20). The van der Waals surface area contributed by atoms with Gasteiger partial charge in [0.25, 0.3) is 0 Å². The first-order valence-corrected chi connectivity index (χ1v) is 7.75. The molecule has 0 radical (unpaired) electrons. The van der Waals surface area contributed by atoms with Gasteiger partial charge in [-0.1, -0.05) is 37.3 Å². The summed E-state index contributed by atoms with van der Waals surface area (Å²) in [4.78, 5) is 6.91. The molecule has 1 fully saturated rings. The highest BCUT2D eigenvalue weighted by Gasteiger charge is 2.22. The van der Waals surface area contributed by atoms with Crippen LogP contribution in [-0.4, -0.2) is 34.3 Å². The molecule has 21 heavy (non-hydrogen) atoms. The maximum atomic E-state index is 6.04. The summed E-state index contributed by atoms with van der Waals surface area (Å²) < 4.78 is 0. The van der Waals surface area contributed by atoms with Gasteiger partial charge in [-0.05, 0) is 24.8 Å². The third-order valence-electron chi connectivity index (χ3n) is 4.17. The summed E-state index contributed by atoms with van der Waals surface area (Å²) in [6.07, 6.45) is 3.20. The number of nitrogens with one attached hydrogen (secondary N) is 1. The van der Waals surface area contributed by atoms with Gasteiger partial charge in [-0.2, -0.15) is 4.98 Å². The van der Waals surface area contributed by atoms with Crippen molar-refractivity contribution in [3.05, 3.63) is 41.7 Å². The largest absolute Gasteiger partial charge is 0.338 e. The fourth-order valence-corrected chi connectivity index (χ4v) is 3.03. The number of nitrogens with two attached hydrogens (primary N) is 1. The molecule has 5 heteroatoms. The third-order valence-corrected chi connectivity index (χ3v) is 4.17. The fraction of sp³-hybridized carbons (Fsp3) is 0.500. The van der Waals surface area contributed by atoms with Crippen LogP contribution >= 0.6 is 0 Å². The Kier molecular flexibility index (Phi) is 4.20. The first-order chi connectivity index (χ1) is 10.3. The second kappa shape index (κ2) is 6.26. The maximum Gasteiger partial charge on any atom is 0.244 e. The zero-order valence-corrected chi connectivity index (χ0v) is 12.5. The van der Waals surface area contributed by atoms with Crippen LogP contribution in [-0.2, 0) is 0 Å². The molecule has 1 saturated heterocycles. The molecule has 2 heterocycles. The number of hydrogen-bond acceptors (Lipinski definition) is 4. The lowest BCUT2D eigenvalue weighted by Crippen LogP contribution is -2.43. The van der Waals surface area contributed by atoms with Crippen LogP contribution in [0.2, 0.25) is 0 Å². The molecule has 3 rings (SSSR count). The number of nitrogens with zero attached hydrogens (tertiary/aromatic N) is 3. The lowest BCUT2D eigenvalue weighted by molar-refractivity contribution is 0.500. The number of hydrogen-bond donors (Lipinski definition) is 2. The second-order valence-electron chi connectivity index (χ2n) is 5.74. The van der Waals surface area contributed by atoms with Crippen LogP contribution in [0, 0.1) is 0 Å². The second-order valence-corrected chi connectivity index (χ2v) is 5.74. The van der Waals surface area contributed by atoms with E-state index in [2.05, 4.69) is 46.3 Å².